The second kappa shape index (κ2) is 32.5. The molecule has 3 aliphatic carbocycles. The third kappa shape index (κ3) is 19.3. The molecule has 3 aromatic heterocycles. The van der Waals surface area contributed by atoms with E-state index in [2.05, 4.69) is 106 Å². The van der Waals surface area contributed by atoms with E-state index in [0.29, 0.717) is 96.3 Å². The number of hydrogen-bond acceptors (Lipinski definition) is 20. The normalized spacial score (nSPS) is 20.7. The number of nitrogen functional groups attached to an aromatic ring is 4. The van der Waals surface area contributed by atoms with Crippen LogP contribution >= 0.6 is 15.9 Å². The number of ether oxygens (including phenoxy) is 4. The van der Waals surface area contributed by atoms with E-state index in [1.165, 1.54) is 35.7 Å². The maximum absolute atomic E-state index is 12.3. The van der Waals surface area contributed by atoms with Crippen molar-refractivity contribution in [2.75, 3.05) is 36.1 Å². The van der Waals surface area contributed by atoms with Crippen molar-refractivity contribution < 1.29 is 43.2 Å². The predicted molar refractivity (Wildman–Crippen MR) is 371 cm³/mol. The van der Waals surface area contributed by atoms with Gasteiger partial charge in [-0.3, -0.25) is 24.0 Å². The van der Waals surface area contributed by atoms with Gasteiger partial charge in [0.2, 0.25) is 11.8 Å². The number of nitrogens with one attached hydrogen (secondary N) is 1. The van der Waals surface area contributed by atoms with E-state index in [0.717, 1.165) is 105 Å². The van der Waals surface area contributed by atoms with Gasteiger partial charge < -0.3 is 52.0 Å². The van der Waals surface area contributed by atoms with Crippen molar-refractivity contribution in [1.29, 1.82) is 0 Å². The molecular weight excluding hydrogens is 1260 g/mol. The smallest absolute Gasteiger partial charge is 0.306 e. The van der Waals surface area contributed by atoms with E-state index in [-0.39, 0.29) is 43.1 Å². The number of aromatic amines is 1. The van der Waals surface area contributed by atoms with Crippen LogP contribution in [-0.4, -0.2) is 98.9 Å². The lowest BCUT2D eigenvalue weighted by Gasteiger charge is -2.32. The number of aliphatic carboxylic acids is 1. The van der Waals surface area contributed by atoms with Crippen molar-refractivity contribution >= 4 is 85.6 Å². The molecular formula is C71H93BrN12O10. The number of nitrogens with zero attached hydrogens (tertiary/aromatic N) is 7. The summed E-state index contributed by atoms with van der Waals surface area (Å²) in [5.74, 6) is 3.52. The number of alkyl halides is 1. The Balaban J connectivity index is 0.000000187. The zero-order chi connectivity index (χ0) is 67.2. The summed E-state index contributed by atoms with van der Waals surface area (Å²) in [6.07, 6.45) is 18.0. The van der Waals surface area contributed by atoms with Gasteiger partial charge >= 0.3 is 17.9 Å². The summed E-state index contributed by atoms with van der Waals surface area (Å²) in [7, 11) is 0. The van der Waals surface area contributed by atoms with Crippen LogP contribution in [0.25, 0.3) is 0 Å². The number of carboxylic acids is 1. The van der Waals surface area contributed by atoms with Crippen molar-refractivity contribution in [2.24, 2.45) is 27.7 Å². The number of esters is 2. The van der Waals surface area contributed by atoms with Gasteiger partial charge in [-0.25, -0.2) is 24.9 Å². The third-order valence-corrected chi connectivity index (χ3v) is 18.2. The summed E-state index contributed by atoms with van der Waals surface area (Å²) in [6, 6.07) is 25.1. The van der Waals surface area contributed by atoms with Gasteiger partial charge in [-0.2, -0.15) is 9.97 Å². The number of rotatable bonds is 15. The molecule has 23 heteroatoms. The van der Waals surface area contributed by atoms with Crippen molar-refractivity contribution in [3.63, 3.8) is 0 Å². The molecule has 504 valence electrons. The number of benzene rings is 3. The predicted octanol–water partition coefficient (Wildman–Crippen LogP) is 13.5. The molecule has 6 aromatic rings. The molecule has 5 aliphatic rings. The maximum atomic E-state index is 12.3. The first kappa shape index (κ1) is 72.8. The van der Waals surface area contributed by atoms with Crippen molar-refractivity contribution in [2.45, 2.75) is 192 Å². The minimum atomic E-state index is -0.691. The second-order valence-electron chi connectivity index (χ2n) is 25.9. The summed E-state index contributed by atoms with van der Waals surface area (Å²) in [5, 5.41) is 8.99. The van der Waals surface area contributed by atoms with E-state index in [1.54, 1.807) is 0 Å². The lowest BCUT2D eigenvalue weighted by atomic mass is 9.77. The van der Waals surface area contributed by atoms with Gasteiger partial charge in [0.25, 0.3) is 5.56 Å². The Morgan fingerprint density at radius 2 is 0.926 bits per heavy atom. The highest BCUT2D eigenvalue weighted by Gasteiger charge is 2.38. The Bertz CT molecular complexity index is 3680. The molecule has 0 atom stereocenters. The highest BCUT2D eigenvalue weighted by atomic mass is 79.9. The highest BCUT2D eigenvalue weighted by molar-refractivity contribution is 9.10. The van der Waals surface area contributed by atoms with Crippen molar-refractivity contribution in [3.8, 4) is 11.8 Å². The molecule has 3 saturated carbocycles. The van der Waals surface area contributed by atoms with E-state index in [9.17, 15) is 24.0 Å². The molecule has 94 heavy (non-hydrogen) atoms. The van der Waals surface area contributed by atoms with Gasteiger partial charge in [-0.1, -0.05) is 96.2 Å². The van der Waals surface area contributed by atoms with E-state index < -0.39 is 27.1 Å². The largest absolute Gasteiger partial charge is 0.481 e. The fraction of sp³-hybridized carbons (Fsp3) is 0.493. The molecule has 3 aromatic carbocycles. The lowest BCUT2D eigenvalue weighted by Crippen LogP contribution is -2.41. The van der Waals surface area contributed by atoms with Crippen LogP contribution in [0, 0.1) is 17.8 Å². The molecule has 0 saturated heterocycles. The average molecular weight is 1350 g/mol. The molecule has 11 rings (SSSR count). The van der Waals surface area contributed by atoms with Gasteiger partial charge in [0.1, 0.15) is 29.5 Å². The molecule has 0 spiro atoms. The minimum absolute atomic E-state index is 0. The number of halogens is 1. The maximum Gasteiger partial charge on any atom is 0.306 e. The Kier molecular flexibility index (Phi) is 25.2. The van der Waals surface area contributed by atoms with Crippen LogP contribution in [0.1, 0.15) is 215 Å². The number of ketones is 1. The van der Waals surface area contributed by atoms with Crippen molar-refractivity contribution in [1.82, 2.24) is 29.9 Å². The van der Waals surface area contributed by atoms with Gasteiger partial charge in [0.15, 0.2) is 34.6 Å². The number of nitrogens with two attached hydrogens (primary N) is 4. The van der Waals surface area contributed by atoms with Crippen LogP contribution in [0.4, 0.5) is 34.5 Å². The molecule has 2 aliphatic heterocycles. The fourth-order valence-corrected chi connectivity index (χ4v) is 13.0. The first-order valence-electron chi connectivity index (χ1n) is 32.2. The van der Waals surface area contributed by atoms with E-state index in [4.69, 9.17) is 57.0 Å². The number of hydrogen-bond donors (Lipinski definition) is 6. The Hall–Kier alpha value is -8.60. The molecule has 0 amide bonds. The van der Waals surface area contributed by atoms with Crippen molar-refractivity contribution in [3.05, 3.63) is 136 Å². The fourth-order valence-electron chi connectivity index (χ4n) is 12.8. The summed E-state index contributed by atoms with van der Waals surface area (Å²) >= 11 is 3.43. The zero-order valence-corrected chi connectivity index (χ0v) is 56.2. The first-order chi connectivity index (χ1) is 44.2. The quantitative estimate of drug-likeness (QED) is 0.0316. The molecule has 10 N–H and O–H groups in total. The number of carbonyl (C=O) groups is 4. The molecule has 0 radical (unpaired) electrons. The van der Waals surface area contributed by atoms with Crippen LogP contribution in [0.2, 0.25) is 0 Å². The topological polar surface area (TPSA) is 352 Å². The Morgan fingerprint density at radius 1 is 0.564 bits per heavy atom. The Morgan fingerprint density at radius 3 is 1.26 bits per heavy atom. The minimum Gasteiger partial charge on any atom is -0.481 e. The highest BCUT2D eigenvalue weighted by Crippen LogP contribution is 2.44. The van der Waals surface area contributed by atoms with E-state index >= 15 is 0 Å². The first-order valence-corrected chi connectivity index (χ1v) is 33.0. The molecule has 22 nitrogen and oxygen atoms in total. The van der Waals surface area contributed by atoms with Crippen LogP contribution in [0.3, 0.4) is 0 Å². The number of aromatic nitrogens is 6. The number of carbonyl (C=O) groups excluding carboxylic acids is 3. The van der Waals surface area contributed by atoms with Crippen LogP contribution in [0.5, 0.6) is 11.8 Å². The van der Waals surface area contributed by atoms with Crippen LogP contribution < -0.4 is 38.0 Å². The molecule has 0 unspecified atom stereocenters. The summed E-state index contributed by atoms with van der Waals surface area (Å²) in [5.41, 5.74) is 29.8. The lowest BCUT2D eigenvalue weighted by molar-refractivity contribution is -0.145. The molecule has 0 bridgehead atoms. The molecule has 5 heterocycles. The number of Topliss-reactive ketones (excluding diaryl/α,β-unsaturated/α-hetero) is 1. The summed E-state index contributed by atoms with van der Waals surface area (Å²) in [6.45, 7) is 16.2. The standard InChI is InChI=1S/C24H30N4O3.C22H26N4O3.C20H27BrO3.C4H6N4O.CH4/c1-4-30-19(29)13-15-5-7-16(8-6-15)17-9-11-18(12-10-17)21-24(2,3)31-23-20(28-21)22(25)26-14-27-23;1-22(2)19(26-18-20(23)24-12-25-21(18)29-22)16-9-7-15(8-10-16)14-5-3-13(4-6-14)11-17(27)28;1-4-24-18(22)13-14-5-7-15(8-6-14)16-9-11-17(12-10-16)19(23)20(2,3)21;5-2-3(6)7-1-8-4(2)9;/h9-12,14-16H,4-8,13H2,1-3H3,(H2,25,26,27);7-10,12-14H,3-6,11H2,1-2H3,(H,27,28)(H2,23,24,25);9-12,14-15H,4-8,13H2,1-3H3;1H,5H2,(H3,6,7,8,9);1H4. The summed E-state index contributed by atoms with van der Waals surface area (Å²) in [4.78, 5) is 88.7. The Labute approximate surface area is 559 Å². The van der Waals surface area contributed by atoms with E-state index in [1.807, 2.05) is 67.5 Å². The van der Waals surface area contributed by atoms with Gasteiger partial charge in [-0.05, 0) is 185 Å². The number of fused-ring (bicyclic) bond motifs is 2. The van der Waals surface area contributed by atoms with Gasteiger partial charge in [0.05, 0.1) is 35.3 Å². The van der Waals surface area contributed by atoms with Gasteiger partial charge in [-0.15, -0.1) is 0 Å². The monoisotopic (exact) mass is 1350 g/mol. The van der Waals surface area contributed by atoms with Crippen LogP contribution in [-0.2, 0) is 23.9 Å². The third-order valence-electron chi connectivity index (χ3n) is 17.9. The molecule has 3 fully saturated rings. The van der Waals surface area contributed by atoms with Crippen LogP contribution in [0.15, 0.2) is 107 Å². The number of anilines is 4. The SMILES string of the molecule is C.CC1(C)Oc2ncnc(N)c2N=C1c1ccc(C2CCC(CC(=O)O)CC2)cc1.CCOC(=O)CC1CCC(c2ccc(C(=O)C(C)(C)Br)cc2)CC1.CCOC(=O)CC1CCC(c2ccc(C3=Nc4c(N)ncnc4OC3(C)C)cc2)CC1.Nc1nc[nH]c(=O)c1N. The second-order valence-corrected chi connectivity index (χ2v) is 27.9. The number of carboxylic acid groups (broad SMARTS) is 1. The van der Waals surface area contributed by atoms with Gasteiger partial charge in [0, 0.05) is 36.0 Å². The number of aliphatic imine (C=N–C) groups is 2. The zero-order valence-electron chi connectivity index (χ0n) is 54.6. The summed E-state index contributed by atoms with van der Waals surface area (Å²) < 4.78 is 21.7. The number of H-pyrrole nitrogens is 1. The average Bonchev–Trinajstić information content (AvgIpc) is 0.778.